The Hall–Kier alpha value is -8.99. The maximum atomic E-state index is 6.32. The van der Waals surface area contributed by atoms with Gasteiger partial charge in [0.2, 0.25) is 0 Å². The summed E-state index contributed by atoms with van der Waals surface area (Å²) in [6.45, 7) is 0. The molecule has 0 spiro atoms. The molecule has 328 valence electrons. The van der Waals surface area contributed by atoms with Crippen molar-refractivity contribution in [3.8, 4) is 50.2 Å². The number of nitrogens with zero attached hydrogens (tertiary/aromatic N) is 2. The summed E-state index contributed by atoms with van der Waals surface area (Å²) in [6.07, 6.45) is 13.1. The van der Waals surface area contributed by atoms with Gasteiger partial charge in [0, 0.05) is 22.8 Å². The molecule has 10 aromatic carbocycles. The first-order valence-corrected chi connectivity index (χ1v) is 24.1. The molecule has 0 bridgehead atoms. The molecule has 0 unspecified atom stereocenters. The van der Waals surface area contributed by atoms with E-state index in [2.05, 4.69) is 249 Å². The number of pyridine rings is 1. The quantitative estimate of drug-likeness (QED) is 0.128. The standard InChI is InChI=1S/C66H46BN3/c67-54-20-11-21-55(40-54)70-62-32-29-50(39-60(62)66-63(70)33-31-61(69-66)53(41-68)34-42-12-2-1-3-13-42)48-19-10-18-47(35-48)49-28-30-58-59(38-49)65(52-27-25-44-15-5-7-17-46(44)37-52)57-23-9-8-22-56(57)64(58)51-26-24-43-14-4-6-16-45(43)36-51/h1-12,14-41H,13,67-68H2/b42-34-,53-41+. The van der Waals surface area contributed by atoms with E-state index in [-0.39, 0.29) is 0 Å². The maximum absolute atomic E-state index is 6.32. The third-order valence-corrected chi connectivity index (χ3v) is 14.2. The summed E-state index contributed by atoms with van der Waals surface area (Å²) < 4.78 is 2.34. The smallest absolute Gasteiger partial charge is 0.139 e. The predicted molar refractivity (Wildman–Crippen MR) is 302 cm³/mol. The van der Waals surface area contributed by atoms with E-state index in [9.17, 15) is 0 Å². The second-order valence-electron chi connectivity index (χ2n) is 18.6. The molecule has 12 aromatic rings. The molecule has 0 aliphatic heterocycles. The van der Waals surface area contributed by atoms with E-state index in [1.54, 1.807) is 6.20 Å². The molecule has 1 aliphatic carbocycles. The van der Waals surface area contributed by atoms with Gasteiger partial charge >= 0.3 is 0 Å². The van der Waals surface area contributed by atoms with Crippen LogP contribution in [0.25, 0.3) is 121 Å². The van der Waals surface area contributed by atoms with E-state index >= 15 is 0 Å². The molecule has 1 aliphatic rings. The van der Waals surface area contributed by atoms with Gasteiger partial charge in [0.25, 0.3) is 0 Å². The maximum Gasteiger partial charge on any atom is 0.139 e. The summed E-state index contributed by atoms with van der Waals surface area (Å²) >= 11 is 0. The average molecular weight is 892 g/mol. The zero-order chi connectivity index (χ0) is 46.7. The summed E-state index contributed by atoms with van der Waals surface area (Å²) in [6, 6.07) is 76.0. The highest BCUT2D eigenvalue weighted by atomic mass is 15.0. The van der Waals surface area contributed by atoms with Crippen molar-refractivity contribution in [1.82, 2.24) is 9.55 Å². The lowest BCUT2D eigenvalue weighted by molar-refractivity contribution is 1.18. The number of nitrogens with two attached hydrogens (primary N) is 1. The van der Waals surface area contributed by atoms with Crippen molar-refractivity contribution in [3.63, 3.8) is 0 Å². The van der Waals surface area contributed by atoms with Gasteiger partial charge in [-0.15, -0.1) is 0 Å². The monoisotopic (exact) mass is 891 g/mol. The van der Waals surface area contributed by atoms with Gasteiger partial charge in [-0.25, -0.2) is 4.98 Å². The van der Waals surface area contributed by atoms with Crippen molar-refractivity contribution in [1.29, 1.82) is 0 Å². The molecular formula is C66H46BN3. The summed E-state index contributed by atoms with van der Waals surface area (Å²) in [5.41, 5.74) is 24.2. The average Bonchev–Trinajstić information content (AvgIpc) is 3.74. The minimum Gasteiger partial charge on any atom is -0.404 e. The van der Waals surface area contributed by atoms with Crippen LogP contribution in [0.1, 0.15) is 12.1 Å². The van der Waals surface area contributed by atoms with Gasteiger partial charge in [-0.1, -0.05) is 175 Å². The summed E-state index contributed by atoms with van der Waals surface area (Å²) in [5.74, 6) is 0. The number of benzene rings is 10. The number of rotatable bonds is 7. The van der Waals surface area contributed by atoms with E-state index in [1.807, 2.05) is 0 Å². The van der Waals surface area contributed by atoms with Crippen LogP contribution in [0.4, 0.5) is 0 Å². The third kappa shape index (κ3) is 7.12. The zero-order valence-electron chi connectivity index (χ0n) is 38.8. The Kier molecular flexibility index (Phi) is 9.99. The first-order valence-electron chi connectivity index (χ1n) is 24.1. The molecule has 2 aromatic heterocycles. The summed E-state index contributed by atoms with van der Waals surface area (Å²) in [5, 5.41) is 11.0. The SMILES string of the molecule is Bc1cccc(-n2c3ccc(-c4cccc(-c5ccc6c(-c7ccc8ccccc8c7)c7ccccc7c(-c7ccc8ccccc8c7)c6c5)c4)cc3c3nc(C(/C=C4/C=CC=CC4)=C/N)ccc32)c1. The van der Waals surface area contributed by atoms with Crippen molar-refractivity contribution in [2.45, 2.75) is 6.42 Å². The van der Waals surface area contributed by atoms with Gasteiger partial charge in [-0.2, -0.15) is 0 Å². The van der Waals surface area contributed by atoms with Crippen LogP contribution in [-0.4, -0.2) is 17.4 Å². The Morgan fingerprint density at radius 1 is 0.471 bits per heavy atom. The zero-order valence-corrected chi connectivity index (χ0v) is 38.8. The van der Waals surface area contributed by atoms with Gasteiger partial charge in [0.1, 0.15) is 7.85 Å². The topological polar surface area (TPSA) is 43.8 Å². The molecule has 70 heavy (non-hydrogen) atoms. The molecule has 4 heteroatoms. The Morgan fingerprint density at radius 3 is 1.73 bits per heavy atom. The minimum absolute atomic E-state index is 0.845. The van der Waals surface area contributed by atoms with Crippen molar-refractivity contribution >= 4 is 83.9 Å². The first kappa shape index (κ1) is 41.2. The molecular weight excluding hydrogens is 846 g/mol. The third-order valence-electron chi connectivity index (χ3n) is 14.2. The van der Waals surface area contributed by atoms with Gasteiger partial charge in [-0.05, 0) is 166 Å². The van der Waals surface area contributed by atoms with Crippen LogP contribution in [-0.2, 0) is 0 Å². The molecule has 0 fully saturated rings. The van der Waals surface area contributed by atoms with Crippen LogP contribution in [0, 0.1) is 0 Å². The van der Waals surface area contributed by atoms with E-state index < -0.39 is 0 Å². The number of hydrogen-bond acceptors (Lipinski definition) is 2. The van der Waals surface area contributed by atoms with Crippen molar-refractivity contribution in [3.05, 3.63) is 254 Å². The van der Waals surface area contributed by atoms with Crippen LogP contribution in [0.5, 0.6) is 0 Å². The molecule has 0 radical (unpaired) electrons. The molecule has 0 saturated carbocycles. The minimum atomic E-state index is 0.845. The van der Waals surface area contributed by atoms with E-state index in [0.717, 1.165) is 67.6 Å². The summed E-state index contributed by atoms with van der Waals surface area (Å²) in [7, 11) is 2.14. The Morgan fingerprint density at radius 2 is 1.06 bits per heavy atom. The lowest BCUT2D eigenvalue weighted by Crippen LogP contribution is -2.04. The van der Waals surface area contributed by atoms with Gasteiger partial charge in [0.05, 0.1) is 22.2 Å². The van der Waals surface area contributed by atoms with Crippen molar-refractivity contribution in [2.24, 2.45) is 5.73 Å². The predicted octanol–water partition coefficient (Wildman–Crippen LogP) is 15.5. The van der Waals surface area contributed by atoms with Crippen LogP contribution < -0.4 is 11.2 Å². The van der Waals surface area contributed by atoms with Crippen molar-refractivity contribution < 1.29 is 0 Å². The highest BCUT2D eigenvalue weighted by molar-refractivity contribution is 6.32. The Balaban J connectivity index is 0.988. The first-order chi connectivity index (χ1) is 34.5. The molecule has 0 saturated heterocycles. The highest BCUT2D eigenvalue weighted by Crippen LogP contribution is 2.46. The second kappa shape index (κ2) is 17.0. The second-order valence-corrected chi connectivity index (χ2v) is 18.6. The fourth-order valence-electron chi connectivity index (χ4n) is 10.9. The van der Waals surface area contributed by atoms with Crippen LogP contribution in [0.3, 0.4) is 0 Å². The summed E-state index contributed by atoms with van der Waals surface area (Å²) in [4.78, 5) is 5.40. The lowest BCUT2D eigenvalue weighted by Gasteiger charge is -2.19. The highest BCUT2D eigenvalue weighted by Gasteiger charge is 2.20. The van der Waals surface area contributed by atoms with Crippen LogP contribution in [0.15, 0.2) is 248 Å². The molecule has 2 heterocycles. The van der Waals surface area contributed by atoms with Gasteiger partial charge < -0.3 is 10.3 Å². The number of aromatic nitrogens is 2. The van der Waals surface area contributed by atoms with Gasteiger partial charge in [0.15, 0.2) is 0 Å². The molecule has 2 N–H and O–H groups in total. The fourth-order valence-corrected chi connectivity index (χ4v) is 10.9. The van der Waals surface area contributed by atoms with E-state index in [4.69, 9.17) is 10.7 Å². The van der Waals surface area contributed by atoms with E-state index in [0.29, 0.717) is 0 Å². The molecule has 0 atom stereocenters. The fraction of sp³-hybridized carbons (Fsp3) is 0.0152. The number of fused-ring (bicyclic) bond motifs is 7. The van der Waals surface area contributed by atoms with E-state index in [1.165, 1.54) is 76.4 Å². The normalized spacial score (nSPS) is 13.5. The number of hydrogen-bond donors (Lipinski definition) is 1. The number of allylic oxidation sites excluding steroid dienone is 7. The van der Waals surface area contributed by atoms with Gasteiger partial charge in [-0.3, -0.25) is 0 Å². The largest absolute Gasteiger partial charge is 0.404 e. The Bertz CT molecular complexity index is 4240. The molecule has 13 rings (SSSR count). The van der Waals surface area contributed by atoms with Crippen molar-refractivity contribution in [2.75, 3.05) is 0 Å². The Labute approximate surface area is 407 Å². The van der Waals surface area contributed by atoms with Crippen LogP contribution in [0.2, 0.25) is 0 Å². The lowest BCUT2D eigenvalue weighted by atomic mass is 9.84. The van der Waals surface area contributed by atoms with Crippen LogP contribution >= 0.6 is 0 Å². The molecule has 3 nitrogen and oxygen atoms in total. The molecule has 0 amide bonds.